The van der Waals surface area contributed by atoms with Crippen molar-refractivity contribution >= 4 is 17.5 Å². The van der Waals surface area contributed by atoms with E-state index in [1.54, 1.807) is 36.7 Å². The van der Waals surface area contributed by atoms with Crippen LogP contribution in [0.3, 0.4) is 0 Å². The highest BCUT2D eigenvalue weighted by Crippen LogP contribution is 2.36. The van der Waals surface area contributed by atoms with Crippen molar-refractivity contribution in [3.05, 3.63) is 60.4 Å². The van der Waals surface area contributed by atoms with Crippen LogP contribution in [0.5, 0.6) is 0 Å². The van der Waals surface area contributed by atoms with Gasteiger partial charge in [-0.3, -0.25) is 4.98 Å². The first-order valence-corrected chi connectivity index (χ1v) is 8.86. The van der Waals surface area contributed by atoms with Crippen LogP contribution in [0.2, 0.25) is 0 Å². The summed E-state index contributed by atoms with van der Waals surface area (Å²) in [6, 6.07) is 10.6. The number of rotatable bonds is 6. The van der Waals surface area contributed by atoms with Crippen molar-refractivity contribution in [2.24, 2.45) is 0 Å². The van der Waals surface area contributed by atoms with Crippen LogP contribution in [-0.4, -0.2) is 21.0 Å². The minimum atomic E-state index is -4.47. The van der Waals surface area contributed by atoms with Crippen molar-refractivity contribution < 1.29 is 13.2 Å². The molecule has 28 heavy (non-hydrogen) atoms. The van der Waals surface area contributed by atoms with Crippen molar-refractivity contribution in [3.63, 3.8) is 0 Å². The van der Waals surface area contributed by atoms with Crippen LogP contribution in [0.25, 0.3) is 11.3 Å². The number of nitrogens with zero attached hydrogens (tertiary/aromatic N) is 3. The Morgan fingerprint density at radius 3 is 2.43 bits per heavy atom. The smallest absolute Gasteiger partial charge is 0.352 e. The highest BCUT2D eigenvalue weighted by molar-refractivity contribution is 5.68. The number of hydrogen-bond donors (Lipinski definition) is 2. The van der Waals surface area contributed by atoms with Gasteiger partial charge < -0.3 is 10.6 Å². The van der Waals surface area contributed by atoms with Gasteiger partial charge in [-0.1, -0.05) is 19.1 Å². The zero-order valence-electron chi connectivity index (χ0n) is 15.5. The fourth-order valence-corrected chi connectivity index (χ4v) is 2.55. The SMILES string of the molecule is CC[C@@H](C)Nc1nc(Nc2ccccc2C(F)(F)F)cc(-c2ccncc2)n1. The standard InChI is InChI=1S/C20H20F3N5/c1-3-13(2)25-19-27-17(14-8-10-24-11-9-14)12-18(28-19)26-16-7-5-4-6-15(16)20(21,22)23/h4-13H,3H2,1-2H3,(H2,25,26,27,28)/t13-/m1/s1. The lowest BCUT2D eigenvalue weighted by Crippen LogP contribution is -2.16. The van der Waals surface area contributed by atoms with E-state index in [0.717, 1.165) is 18.1 Å². The predicted molar refractivity (Wildman–Crippen MR) is 103 cm³/mol. The summed E-state index contributed by atoms with van der Waals surface area (Å²) in [5.74, 6) is 0.611. The van der Waals surface area contributed by atoms with Gasteiger partial charge in [-0.15, -0.1) is 0 Å². The topological polar surface area (TPSA) is 62.7 Å². The average molecular weight is 387 g/mol. The molecular formula is C20H20F3N5. The number of halogens is 3. The summed E-state index contributed by atoms with van der Waals surface area (Å²) in [6.45, 7) is 4.00. The molecular weight excluding hydrogens is 367 g/mol. The Balaban J connectivity index is 2.02. The molecule has 3 rings (SSSR count). The van der Waals surface area contributed by atoms with Crippen LogP contribution < -0.4 is 10.6 Å². The molecule has 0 saturated heterocycles. The number of nitrogens with one attached hydrogen (secondary N) is 2. The molecule has 2 aromatic heterocycles. The van der Waals surface area contributed by atoms with Crippen LogP contribution in [0.15, 0.2) is 54.9 Å². The van der Waals surface area contributed by atoms with Gasteiger partial charge in [-0.05, 0) is 37.6 Å². The molecule has 0 fully saturated rings. The summed E-state index contributed by atoms with van der Waals surface area (Å²) in [4.78, 5) is 12.8. The highest BCUT2D eigenvalue weighted by Gasteiger charge is 2.33. The zero-order valence-corrected chi connectivity index (χ0v) is 15.5. The van der Waals surface area contributed by atoms with Gasteiger partial charge in [0.25, 0.3) is 0 Å². The van der Waals surface area contributed by atoms with Gasteiger partial charge in [-0.25, -0.2) is 4.98 Å². The van der Waals surface area contributed by atoms with Gasteiger partial charge in [0.1, 0.15) is 5.82 Å². The molecule has 1 aromatic carbocycles. The van der Waals surface area contributed by atoms with Crippen molar-refractivity contribution in [2.75, 3.05) is 10.6 Å². The van der Waals surface area contributed by atoms with E-state index in [1.165, 1.54) is 12.1 Å². The number of pyridine rings is 1. The van der Waals surface area contributed by atoms with E-state index in [-0.39, 0.29) is 17.5 Å². The summed E-state index contributed by atoms with van der Waals surface area (Å²) in [5, 5.41) is 5.97. The Bertz CT molecular complexity index is 929. The maximum absolute atomic E-state index is 13.3. The van der Waals surface area contributed by atoms with Gasteiger partial charge in [0.05, 0.1) is 16.9 Å². The van der Waals surface area contributed by atoms with Gasteiger partial charge >= 0.3 is 6.18 Å². The quantitative estimate of drug-likeness (QED) is 0.584. The lowest BCUT2D eigenvalue weighted by Gasteiger charge is -2.16. The molecule has 3 aromatic rings. The third-order valence-corrected chi connectivity index (χ3v) is 4.19. The van der Waals surface area contributed by atoms with Gasteiger partial charge in [0.2, 0.25) is 5.95 Å². The average Bonchev–Trinajstić information content (AvgIpc) is 2.68. The molecule has 146 valence electrons. The highest BCUT2D eigenvalue weighted by atomic mass is 19.4. The molecule has 1 atom stereocenters. The van der Waals surface area contributed by atoms with E-state index in [9.17, 15) is 13.2 Å². The molecule has 0 bridgehead atoms. The molecule has 2 heterocycles. The number of para-hydroxylation sites is 1. The Labute approximate surface area is 161 Å². The molecule has 8 heteroatoms. The molecule has 0 saturated carbocycles. The van der Waals surface area contributed by atoms with Crippen LogP contribution in [-0.2, 0) is 6.18 Å². The first-order chi connectivity index (χ1) is 13.4. The number of aromatic nitrogens is 3. The summed E-state index contributed by atoms with van der Waals surface area (Å²) < 4.78 is 39.9. The van der Waals surface area contributed by atoms with Crippen LogP contribution in [0.1, 0.15) is 25.8 Å². The monoisotopic (exact) mass is 387 g/mol. The number of benzene rings is 1. The normalized spacial score (nSPS) is 12.5. The summed E-state index contributed by atoms with van der Waals surface area (Å²) in [5.41, 5.74) is 0.548. The molecule has 0 aliphatic heterocycles. The Morgan fingerprint density at radius 1 is 1.04 bits per heavy atom. The van der Waals surface area contributed by atoms with Crippen molar-refractivity contribution in [1.29, 1.82) is 0 Å². The van der Waals surface area contributed by atoms with E-state index in [1.807, 2.05) is 13.8 Å². The summed E-state index contributed by atoms with van der Waals surface area (Å²) in [6.07, 6.45) is -0.360. The molecule has 2 N–H and O–H groups in total. The number of alkyl halides is 3. The lowest BCUT2D eigenvalue weighted by molar-refractivity contribution is -0.136. The zero-order chi connectivity index (χ0) is 20.1. The summed E-state index contributed by atoms with van der Waals surface area (Å²) >= 11 is 0. The maximum Gasteiger partial charge on any atom is 0.418 e. The van der Waals surface area contributed by atoms with E-state index in [4.69, 9.17) is 0 Å². The molecule has 0 amide bonds. The van der Waals surface area contributed by atoms with Crippen molar-refractivity contribution in [3.8, 4) is 11.3 Å². The first-order valence-electron chi connectivity index (χ1n) is 8.86. The Morgan fingerprint density at radius 2 is 1.75 bits per heavy atom. The fourth-order valence-electron chi connectivity index (χ4n) is 2.55. The third-order valence-electron chi connectivity index (χ3n) is 4.19. The summed E-state index contributed by atoms with van der Waals surface area (Å²) in [7, 11) is 0. The van der Waals surface area contributed by atoms with Crippen LogP contribution >= 0.6 is 0 Å². The second-order valence-electron chi connectivity index (χ2n) is 6.32. The first kappa shape index (κ1) is 19.6. The van der Waals surface area contributed by atoms with Crippen LogP contribution in [0.4, 0.5) is 30.6 Å². The second-order valence-corrected chi connectivity index (χ2v) is 6.32. The number of hydrogen-bond acceptors (Lipinski definition) is 5. The van der Waals surface area contributed by atoms with Gasteiger partial charge in [0, 0.05) is 30.1 Å². The van der Waals surface area contributed by atoms with Crippen LogP contribution in [0, 0.1) is 0 Å². The molecule has 0 aliphatic carbocycles. The molecule has 0 spiro atoms. The molecule has 0 radical (unpaired) electrons. The Hall–Kier alpha value is -3.16. The van der Waals surface area contributed by atoms with E-state index in [2.05, 4.69) is 25.6 Å². The minimum Gasteiger partial charge on any atom is -0.352 e. The largest absolute Gasteiger partial charge is 0.418 e. The Kier molecular flexibility index (Phi) is 5.77. The third kappa shape index (κ3) is 4.76. The van der Waals surface area contributed by atoms with Crippen molar-refractivity contribution in [1.82, 2.24) is 15.0 Å². The number of anilines is 3. The van der Waals surface area contributed by atoms with Gasteiger partial charge in [-0.2, -0.15) is 18.2 Å². The molecule has 0 unspecified atom stereocenters. The second kappa shape index (κ2) is 8.24. The minimum absolute atomic E-state index is 0.0659. The van der Waals surface area contributed by atoms with E-state index >= 15 is 0 Å². The molecule has 5 nitrogen and oxygen atoms in total. The van der Waals surface area contributed by atoms with E-state index < -0.39 is 11.7 Å². The maximum atomic E-state index is 13.3. The van der Waals surface area contributed by atoms with Crippen molar-refractivity contribution in [2.45, 2.75) is 32.5 Å². The van der Waals surface area contributed by atoms with E-state index in [0.29, 0.717) is 11.6 Å². The lowest BCUT2D eigenvalue weighted by atomic mass is 10.1. The predicted octanol–water partition coefficient (Wildman–Crippen LogP) is 5.51. The fraction of sp³-hybridized carbons (Fsp3) is 0.250. The van der Waals surface area contributed by atoms with Gasteiger partial charge in [0.15, 0.2) is 0 Å². The molecule has 0 aliphatic rings.